The molecule has 0 saturated carbocycles. The lowest BCUT2D eigenvalue weighted by atomic mass is 9.98. The van der Waals surface area contributed by atoms with Crippen LogP contribution in [0.5, 0.6) is 11.5 Å². The number of nitrogens with one attached hydrogen (secondary N) is 2. The third-order valence-corrected chi connectivity index (χ3v) is 6.91. The number of halogens is 3. The Morgan fingerprint density at radius 3 is 2.53 bits per heavy atom. The highest BCUT2D eigenvalue weighted by molar-refractivity contribution is 9.10. The number of ether oxygens (including phenoxy) is 1. The van der Waals surface area contributed by atoms with Crippen molar-refractivity contribution in [3.63, 3.8) is 0 Å². The Bertz CT molecular complexity index is 1380. The summed E-state index contributed by atoms with van der Waals surface area (Å²) in [4.78, 5) is 12.1. The highest BCUT2D eigenvalue weighted by Gasteiger charge is 2.26. The normalized spacial score (nSPS) is 14.7. The molecule has 11 heteroatoms. The van der Waals surface area contributed by atoms with E-state index in [2.05, 4.69) is 21.2 Å². The van der Waals surface area contributed by atoms with Gasteiger partial charge < -0.3 is 15.2 Å². The number of phenolic OH excluding ortho intramolecular Hbond substituents is 1. The summed E-state index contributed by atoms with van der Waals surface area (Å²) in [5, 5.41) is 12.9. The number of carbonyl (C=O) groups excluding carboxylic acids is 1. The fraction of sp³-hybridized carbons (Fsp3) is 0.0952. The molecule has 0 fully saturated rings. The number of fused-ring (bicyclic) bond motifs is 6. The van der Waals surface area contributed by atoms with Gasteiger partial charge in [-0.3, -0.25) is 9.52 Å². The second-order valence-corrected chi connectivity index (χ2v) is 9.43. The first kappa shape index (κ1) is 22.0. The van der Waals surface area contributed by atoms with E-state index in [0.29, 0.717) is 17.4 Å². The van der Waals surface area contributed by atoms with Crippen LogP contribution in [0.2, 0.25) is 0 Å². The molecule has 32 heavy (non-hydrogen) atoms. The zero-order valence-electron chi connectivity index (χ0n) is 16.4. The monoisotopic (exact) mass is 524 g/mol. The summed E-state index contributed by atoms with van der Waals surface area (Å²) < 4.78 is 62.3. The standard InChI is InChI=1S/C21H15BrF2N2O5S/c1-31-12-3-2-10-9-25-21(28)11-4-15(22)20(27)19(5-11)32(29,30)26-18-7-14(13(10)6-12)16(23)8-17(18)24/h2-8,26-27H,9H2,1H3,(H,25,28). The van der Waals surface area contributed by atoms with Gasteiger partial charge in [-0.1, -0.05) is 6.07 Å². The Labute approximate surface area is 190 Å². The van der Waals surface area contributed by atoms with Gasteiger partial charge in [0.15, 0.2) is 0 Å². The molecule has 0 aromatic heterocycles. The van der Waals surface area contributed by atoms with Gasteiger partial charge in [0.1, 0.15) is 28.0 Å². The van der Waals surface area contributed by atoms with E-state index in [1.165, 1.54) is 19.2 Å². The zero-order chi connectivity index (χ0) is 23.2. The predicted molar refractivity (Wildman–Crippen MR) is 116 cm³/mol. The third kappa shape index (κ3) is 3.89. The lowest BCUT2D eigenvalue weighted by Gasteiger charge is -2.15. The first-order valence-electron chi connectivity index (χ1n) is 9.10. The van der Waals surface area contributed by atoms with Crippen molar-refractivity contribution < 1.29 is 31.8 Å². The number of aromatic hydroxyl groups is 1. The fourth-order valence-corrected chi connectivity index (χ4v) is 5.10. The molecule has 0 radical (unpaired) electrons. The summed E-state index contributed by atoms with van der Waals surface area (Å²) in [6.45, 7) is -0.0433. The maximum Gasteiger partial charge on any atom is 0.265 e. The molecule has 3 N–H and O–H groups in total. The Morgan fingerprint density at radius 1 is 1.06 bits per heavy atom. The predicted octanol–water partition coefficient (Wildman–Crippen LogP) is 4.15. The largest absolute Gasteiger partial charge is 0.505 e. The number of hydrogen-bond donors (Lipinski definition) is 3. The van der Waals surface area contributed by atoms with E-state index in [1.54, 1.807) is 12.1 Å². The summed E-state index contributed by atoms with van der Waals surface area (Å²) in [6.07, 6.45) is 0. The molecule has 0 aliphatic carbocycles. The Hall–Kier alpha value is -3.18. The van der Waals surface area contributed by atoms with E-state index in [1.807, 2.05) is 4.72 Å². The summed E-state index contributed by atoms with van der Waals surface area (Å²) in [5.41, 5.74) is 0.0503. The maximum absolute atomic E-state index is 14.8. The lowest BCUT2D eigenvalue weighted by molar-refractivity contribution is 0.0950. The number of rotatable bonds is 1. The van der Waals surface area contributed by atoms with Gasteiger partial charge in [0.25, 0.3) is 15.9 Å². The molecule has 0 unspecified atom stereocenters. The van der Waals surface area contributed by atoms with Crippen LogP contribution < -0.4 is 14.8 Å². The van der Waals surface area contributed by atoms with Crippen LogP contribution in [-0.2, 0) is 16.6 Å². The van der Waals surface area contributed by atoms with Crippen LogP contribution in [-0.4, -0.2) is 26.5 Å². The number of anilines is 1. The third-order valence-electron chi connectivity index (χ3n) is 4.93. The smallest absolute Gasteiger partial charge is 0.265 e. The van der Waals surface area contributed by atoms with Crippen LogP contribution in [0.1, 0.15) is 15.9 Å². The minimum absolute atomic E-state index is 0.0433. The summed E-state index contributed by atoms with van der Waals surface area (Å²) in [5.74, 6) is -3.02. The molecule has 1 heterocycles. The van der Waals surface area contributed by atoms with Gasteiger partial charge in [-0.05, 0) is 57.4 Å². The number of hydrogen-bond acceptors (Lipinski definition) is 5. The molecule has 3 aromatic rings. The van der Waals surface area contributed by atoms with Crippen molar-refractivity contribution in [2.45, 2.75) is 11.4 Å². The molecule has 4 bridgehead atoms. The van der Waals surface area contributed by atoms with Gasteiger partial charge in [0, 0.05) is 23.7 Å². The van der Waals surface area contributed by atoms with Crippen molar-refractivity contribution >= 4 is 37.5 Å². The van der Waals surface area contributed by atoms with E-state index in [4.69, 9.17) is 4.74 Å². The first-order chi connectivity index (χ1) is 15.1. The van der Waals surface area contributed by atoms with Gasteiger partial charge in [-0.25, -0.2) is 17.2 Å². The van der Waals surface area contributed by atoms with Crippen LogP contribution in [0.4, 0.5) is 14.5 Å². The van der Waals surface area contributed by atoms with Crippen LogP contribution in [0.15, 0.2) is 51.8 Å². The quantitative estimate of drug-likeness (QED) is 0.443. The molecule has 1 amide bonds. The van der Waals surface area contributed by atoms with Gasteiger partial charge in [-0.2, -0.15) is 0 Å². The zero-order valence-corrected chi connectivity index (χ0v) is 18.8. The molecule has 4 rings (SSSR count). The Kier molecular flexibility index (Phi) is 5.55. The average Bonchev–Trinajstić information content (AvgIpc) is 2.75. The molecule has 0 atom stereocenters. The minimum atomic E-state index is -4.56. The molecule has 1 aliphatic heterocycles. The van der Waals surface area contributed by atoms with Crippen LogP contribution in [0, 0.1) is 11.6 Å². The number of carbonyl (C=O) groups is 1. The van der Waals surface area contributed by atoms with Crippen molar-refractivity contribution in [1.29, 1.82) is 0 Å². The molecule has 1 aliphatic rings. The summed E-state index contributed by atoms with van der Waals surface area (Å²) in [6, 6.07) is 8.50. The van der Waals surface area contributed by atoms with E-state index >= 15 is 0 Å². The number of sulfonamides is 1. The van der Waals surface area contributed by atoms with Gasteiger partial charge >= 0.3 is 0 Å². The number of amides is 1. The van der Waals surface area contributed by atoms with Crippen LogP contribution >= 0.6 is 15.9 Å². The number of methoxy groups -OCH3 is 1. The summed E-state index contributed by atoms with van der Waals surface area (Å²) in [7, 11) is -3.14. The topological polar surface area (TPSA) is 105 Å². The van der Waals surface area contributed by atoms with Crippen molar-refractivity contribution in [3.8, 4) is 22.6 Å². The van der Waals surface area contributed by atoms with E-state index in [9.17, 15) is 27.1 Å². The maximum atomic E-state index is 14.8. The van der Waals surface area contributed by atoms with Gasteiger partial charge in [-0.15, -0.1) is 0 Å². The first-order valence-corrected chi connectivity index (χ1v) is 11.4. The van der Waals surface area contributed by atoms with E-state index in [-0.39, 0.29) is 27.7 Å². The molecular formula is C21H15BrF2N2O5S. The summed E-state index contributed by atoms with van der Waals surface area (Å²) >= 11 is 3.03. The second kappa shape index (κ2) is 8.06. The van der Waals surface area contributed by atoms with Crippen LogP contribution in [0.25, 0.3) is 11.1 Å². The van der Waals surface area contributed by atoms with E-state index < -0.39 is 43.9 Å². The van der Waals surface area contributed by atoms with Crippen LogP contribution in [0.3, 0.4) is 0 Å². The molecular weight excluding hydrogens is 510 g/mol. The minimum Gasteiger partial charge on any atom is -0.505 e. The SMILES string of the molecule is COc1ccc2c(c1)-c1cc(c(F)cc1F)NS(=O)(=O)c1cc(cc(Br)c1O)C(=O)NC2. The van der Waals surface area contributed by atoms with Crippen molar-refractivity contribution in [1.82, 2.24) is 5.32 Å². The fourth-order valence-electron chi connectivity index (χ4n) is 3.31. The molecule has 0 saturated heterocycles. The highest BCUT2D eigenvalue weighted by atomic mass is 79.9. The van der Waals surface area contributed by atoms with Gasteiger partial charge in [0.2, 0.25) is 0 Å². The van der Waals surface area contributed by atoms with Crippen molar-refractivity contribution in [3.05, 3.63) is 69.7 Å². The average molecular weight is 525 g/mol. The Balaban J connectivity index is 2.02. The second-order valence-electron chi connectivity index (χ2n) is 6.93. The molecule has 0 spiro atoms. The molecule has 3 aromatic carbocycles. The van der Waals surface area contributed by atoms with E-state index in [0.717, 1.165) is 12.1 Å². The van der Waals surface area contributed by atoms with Gasteiger partial charge in [0.05, 0.1) is 17.3 Å². The molecule has 166 valence electrons. The number of phenols is 1. The van der Waals surface area contributed by atoms with Crippen molar-refractivity contribution in [2.24, 2.45) is 0 Å². The molecule has 7 nitrogen and oxygen atoms in total. The highest BCUT2D eigenvalue weighted by Crippen LogP contribution is 2.37. The van der Waals surface area contributed by atoms with Crippen molar-refractivity contribution in [2.75, 3.05) is 11.8 Å². The number of benzene rings is 3. The lowest BCUT2D eigenvalue weighted by Crippen LogP contribution is -2.23. The Morgan fingerprint density at radius 2 is 1.81 bits per heavy atom.